The zero-order valence-corrected chi connectivity index (χ0v) is 14.4. The van der Waals surface area contributed by atoms with E-state index in [1.54, 1.807) is 0 Å². The van der Waals surface area contributed by atoms with E-state index in [2.05, 4.69) is 26.1 Å². The quantitative estimate of drug-likeness (QED) is 0.577. The van der Waals surface area contributed by atoms with E-state index < -0.39 is 0 Å². The van der Waals surface area contributed by atoms with Crippen molar-refractivity contribution in [2.75, 3.05) is 19.8 Å². The fourth-order valence-corrected chi connectivity index (χ4v) is 3.27. The van der Waals surface area contributed by atoms with Gasteiger partial charge in [0.05, 0.1) is 12.7 Å². The van der Waals surface area contributed by atoms with Crippen LogP contribution in [0.1, 0.15) is 72.1 Å². The first-order chi connectivity index (χ1) is 10.2. The lowest BCUT2D eigenvalue weighted by Gasteiger charge is -2.22. The smallest absolute Gasteiger partial charge is 0.0897 e. The second-order valence-corrected chi connectivity index (χ2v) is 6.85. The number of hydrogen-bond acceptors (Lipinski definition) is 3. The molecule has 0 radical (unpaired) electrons. The fraction of sp³-hybridized carbons (Fsp3) is 1.00. The van der Waals surface area contributed by atoms with E-state index in [-0.39, 0.29) is 6.10 Å². The van der Waals surface area contributed by atoms with Gasteiger partial charge >= 0.3 is 0 Å². The van der Waals surface area contributed by atoms with Gasteiger partial charge < -0.3 is 15.2 Å². The Hall–Kier alpha value is -0.120. The molecule has 0 saturated heterocycles. The summed E-state index contributed by atoms with van der Waals surface area (Å²) in [5.41, 5.74) is 0. The molecule has 2 N–H and O–H groups in total. The summed E-state index contributed by atoms with van der Waals surface area (Å²) in [6.07, 6.45) is 10.0. The van der Waals surface area contributed by atoms with Crippen molar-refractivity contribution >= 4 is 0 Å². The minimum atomic E-state index is -0.377. The Kier molecular flexibility index (Phi) is 10.3. The van der Waals surface area contributed by atoms with Crippen molar-refractivity contribution in [1.82, 2.24) is 5.32 Å². The van der Waals surface area contributed by atoms with Gasteiger partial charge in [-0.3, -0.25) is 0 Å². The Morgan fingerprint density at radius 2 is 1.90 bits per heavy atom. The maximum Gasteiger partial charge on any atom is 0.0897 e. The number of ether oxygens (including phenoxy) is 1. The molecule has 1 aliphatic carbocycles. The monoisotopic (exact) mass is 299 g/mol. The van der Waals surface area contributed by atoms with E-state index in [1.165, 1.54) is 51.4 Å². The minimum Gasteiger partial charge on any atom is -0.389 e. The molecular formula is C18H37NO2. The molecule has 0 heterocycles. The second kappa shape index (κ2) is 11.4. The molecule has 1 fully saturated rings. The molecule has 1 saturated carbocycles. The van der Waals surface area contributed by atoms with Crippen molar-refractivity contribution in [1.29, 1.82) is 0 Å². The van der Waals surface area contributed by atoms with Crippen molar-refractivity contribution in [3.8, 4) is 0 Å². The lowest BCUT2D eigenvalue weighted by atomic mass is 10.00. The molecule has 0 aromatic carbocycles. The van der Waals surface area contributed by atoms with Crippen LogP contribution in [0.5, 0.6) is 0 Å². The van der Waals surface area contributed by atoms with Crippen molar-refractivity contribution in [3.05, 3.63) is 0 Å². The van der Waals surface area contributed by atoms with Crippen molar-refractivity contribution in [3.63, 3.8) is 0 Å². The molecule has 0 aliphatic heterocycles. The van der Waals surface area contributed by atoms with E-state index in [0.29, 0.717) is 25.1 Å². The molecule has 0 amide bonds. The van der Waals surface area contributed by atoms with Crippen LogP contribution in [0, 0.1) is 11.8 Å². The first kappa shape index (κ1) is 18.9. The van der Waals surface area contributed by atoms with Crippen LogP contribution >= 0.6 is 0 Å². The molecule has 0 spiro atoms. The van der Waals surface area contributed by atoms with Gasteiger partial charge in [-0.25, -0.2) is 0 Å². The van der Waals surface area contributed by atoms with Gasteiger partial charge in [-0.05, 0) is 38.0 Å². The lowest BCUT2D eigenvalue weighted by Crippen LogP contribution is -2.39. The topological polar surface area (TPSA) is 41.5 Å². The number of unbranched alkanes of at least 4 members (excludes halogenated alkanes) is 1. The van der Waals surface area contributed by atoms with Crippen LogP contribution in [0.2, 0.25) is 0 Å². The third kappa shape index (κ3) is 8.18. The van der Waals surface area contributed by atoms with Crippen LogP contribution in [0.3, 0.4) is 0 Å². The third-order valence-corrected chi connectivity index (χ3v) is 4.99. The third-order valence-electron chi connectivity index (χ3n) is 4.99. The van der Waals surface area contributed by atoms with Crippen LogP contribution in [0.4, 0.5) is 0 Å². The SMILES string of the molecule is CCCCC(CC)COCC(O)CNC(C)C1CCCC1. The van der Waals surface area contributed by atoms with Gasteiger partial charge in [0.1, 0.15) is 0 Å². The number of aliphatic hydroxyl groups is 1. The van der Waals surface area contributed by atoms with E-state index in [9.17, 15) is 5.11 Å². The molecule has 0 bridgehead atoms. The maximum absolute atomic E-state index is 10.0. The summed E-state index contributed by atoms with van der Waals surface area (Å²) in [4.78, 5) is 0. The molecule has 21 heavy (non-hydrogen) atoms. The molecule has 126 valence electrons. The minimum absolute atomic E-state index is 0.377. The average molecular weight is 299 g/mol. The van der Waals surface area contributed by atoms with Gasteiger partial charge in [0.15, 0.2) is 0 Å². The normalized spacial score (nSPS) is 20.6. The molecular weight excluding hydrogens is 262 g/mol. The van der Waals surface area contributed by atoms with Crippen molar-refractivity contribution in [2.24, 2.45) is 11.8 Å². The fourth-order valence-electron chi connectivity index (χ4n) is 3.27. The van der Waals surface area contributed by atoms with Gasteiger partial charge in [-0.1, -0.05) is 46.0 Å². The number of hydrogen-bond donors (Lipinski definition) is 2. The van der Waals surface area contributed by atoms with Crippen LogP contribution in [-0.4, -0.2) is 37.0 Å². The Bertz CT molecular complexity index is 241. The highest BCUT2D eigenvalue weighted by atomic mass is 16.5. The zero-order valence-electron chi connectivity index (χ0n) is 14.4. The molecule has 3 nitrogen and oxygen atoms in total. The molecule has 3 atom stereocenters. The van der Waals surface area contributed by atoms with Crippen molar-refractivity contribution < 1.29 is 9.84 Å². The highest BCUT2D eigenvalue weighted by Crippen LogP contribution is 2.27. The summed E-state index contributed by atoms with van der Waals surface area (Å²) in [5.74, 6) is 1.46. The van der Waals surface area contributed by atoms with Crippen molar-refractivity contribution in [2.45, 2.75) is 84.3 Å². The average Bonchev–Trinajstić information content (AvgIpc) is 3.02. The summed E-state index contributed by atoms with van der Waals surface area (Å²) in [6, 6.07) is 0.523. The lowest BCUT2D eigenvalue weighted by molar-refractivity contribution is 0.0178. The van der Waals surface area contributed by atoms with Gasteiger partial charge in [-0.2, -0.15) is 0 Å². The largest absolute Gasteiger partial charge is 0.389 e. The first-order valence-corrected chi connectivity index (χ1v) is 9.16. The van der Waals surface area contributed by atoms with Crippen LogP contribution < -0.4 is 5.32 Å². The molecule has 3 unspecified atom stereocenters. The van der Waals surface area contributed by atoms with Crippen LogP contribution in [-0.2, 0) is 4.74 Å². The van der Waals surface area contributed by atoms with E-state index in [4.69, 9.17) is 4.74 Å². The molecule has 1 rings (SSSR count). The van der Waals surface area contributed by atoms with Gasteiger partial charge in [0, 0.05) is 19.2 Å². The predicted octanol–water partition coefficient (Wildman–Crippen LogP) is 3.75. The first-order valence-electron chi connectivity index (χ1n) is 9.16. The summed E-state index contributed by atoms with van der Waals surface area (Å²) in [7, 11) is 0. The maximum atomic E-state index is 10.0. The molecule has 3 heteroatoms. The zero-order chi connectivity index (χ0) is 15.5. The van der Waals surface area contributed by atoms with Gasteiger partial charge in [0.2, 0.25) is 0 Å². The summed E-state index contributed by atoms with van der Waals surface area (Å²) in [6.45, 7) is 8.63. The standard InChI is InChI=1S/C18H37NO2/c1-4-6-9-16(5-2)13-21-14-18(20)12-19-15(3)17-10-7-8-11-17/h15-20H,4-14H2,1-3H3. The number of rotatable bonds is 12. The molecule has 0 aromatic heterocycles. The number of aliphatic hydroxyl groups excluding tert-OH is 1. The molecule has 1 aliphatic rings. The Morgan fingerprint density at radius 3 is 2.52 bits per heavy atom. The highest BCUT2D eigenvalue weighted by Gasteiger charge is 2.21. The summed E-state index contributed by atoms with van der Waals surface area (Å²) < 4.78 is 5.71. The Morgan fingerprint density at radius 1 is 1.19 bits per heavy atom. The van der Waals surface area contributed by atoms with Crippen LogP contribution in [0.25, 0.3) is 0 Å². The van der Waals surface area contributed by atoms with Gasteiger partial charge in [0.25, 0.3) is 0 Å². The molecule has 0 aromatic rings. The van der Waals surface area contributed by atoms with E-state index in [0.717, 1.165) is 12.5 Å². The second-order valence-electron chi connectivity index (χ2n) is 6.85. The van der Waals surface area contributed by atoms with Crippen LogP contribution in [0.15, 0.2) is 0 Å². The Labute approximate surface area is 131 Å². The summed E-state index contributed by atoms with van der Waals surface area (Å²) in [5, 5.41) is 13.5. The van der Waals surface area contributed by atoms with E-state index in [1.807, 2.05) is 0 Å². The Balaban J connectivity index is 2.05. The summed E-state index contributed by atoms with van der Waals surface area (Å²) >= 11 is 0. The highest BCUT2D eigenvalue weighted by molar-refractivity contribution is 4.78. The van der Waals surface area contributed by atoms with E-state index >= 15 is 0 Å². The number of nitrogens with one attached hydrogen (secondary N) is 1. The predicted molar refractivity (Wildman–Crippen MR) is 89.6 cm³/mol. The van der Waals surface area contributed by atoms with Gasteiger partial charge in [-0.15, -0.1) is 0 Å².